The molecule has 0 atom stereocenters. The van der Waals surface area contributed by atoms with Gasteiger partial charge in [-0.25, -0.2) is 0 Å². The number of hydrogen-bond acceptors (Lipinski definition) is 3. The van der Waals surface area contributed by atoms with E-state index in [1.807, 2.05) is 32.0 Å². The average Bonchev–Trinajstić information content (AvgIpc) is 2.27. The van der Waals surface area contributed by atoms with Crippen molar-refractivity contribution in [3.8, 4) is 0 Å². The van der Waals surface area contributed by atoms with E-state index < -0.39 is 0 Å². The maximum absolute atomic E-state index is 11.9. The third kappa shape index (κ3) is 4.39. The number of ether oxygens (including phenoxy) is 1. The van der Waals surface area contributed by atoms with Crippen molar-refractivity contribution in [1.29, 1.82) is 0 Å². The molecule has 0 fully saturated rings. The second kappa shape index (κ2) is 6.18. The van der Waals surface area contributed by atoms with Gasteiger partial charge in [-0.1, -0.05) is 17.2 Å². The predicted molar refractivity (Wildman–Crippen MR) is 66.1 cm³/mol. The summed E-state index contributed by atoms with van der Waals surface area (Å²) in [7, 11) is 1.36. The minimum absolute atomic E-state index is 0.0840. The van der Waals surface area contributed by atoms with Gasteiger partial charge in [0.2, 0.25) is 0 Å². The van der Waals surface area contributed by atoms with Gasteiger partial charge in [-0.2, -0.15) is 0 Å². The van der Waals surface area contributed by atoms with E-state index in [4.69, 9.17) is 0 Å². The Balaban J connectivity index is 2.55. The number of benzene rings is 1. The van der Waals surface area contributed by atoms with Crippen LogP contribution in [-0.2, 0) is 9.53 Å². The summed E-state index contributed by atoms with van der Waals surface area (Å²) in [6, 6.07) is 5.80. The maximum atomic E-state index is 11.9. The van der Waals surface area contributed by atoms with Gasteiger partial charge in [0.1, 0.15) is 0 Å². The molecule has 0 aliphatic heterocycles. The molecule has 0 radical (unpaired) electrons. The summed E-state index contributed by atoms with van der Waals surface area (Å²) in [6.45, 7) is 3.94. The van der Waals surface area contributed by atoms with Gasteiger partial charge in [0.25, 0.3) is 0 Å². The van der Waals surface area contributed by atoms with Gasteiger partial charge in [0, 0.05) is 18.4 Å². The zero-order chi connectivity index (χ0) is 12.8. The van der Waals surface area contributed by atoms with E-state index in [0.29, 0.717) is 19.3 Å². The van der Waals surface area contributed by atoms with Crippen molar-refractivity contribution < 1.29 is 14.3 Å². The Labute approximate surface area is 102 Å². The predicted octanol–water partition coefficient (Wildman–Crippen LogP) is 2.83. The molecule has 0 heterocycles. The molecule has 1 aromatic rings. The van der Waals surface area contributed by atoms with Crippen LogP contribution in [0.1, 0.15) is 40.7 Å². The minimum atomic E-state index is -0.266. The quantitative estimate of drug-likeness (QED) is 0.581. The number of carbonyl (C=O) groups is 2. The van der Waals surface area contributed by atoms with Gasteiger partial charge in [0.05, 0.1) is 7.11 Å². The number of rotatable bonds is 5. The number of hydrogen-bond donors (Lipinski definition) is 0. The lowest BCUT2D eigenvalue weighted by molar-refractivity contribution is -0.140. The van der Waals surface area contributed by atoms with E-state index in [9.17, 15) is 9.59 Å². The van der Waals surface area contributed by atoms with Crippen molar-refractivity contribution >= 4 is 11.8 Å². The molecule has 0 unspecified atom stereocenters. The van der Waals surface area contributed by atoms with E-state index >= 15 is 0 Å². The molecule has 92 valence electrons. The summed E-state index contributed by atoms with van der Waals surface area (Å²) < 4.78 is 4.53. The van der Waals surface area contributed by atoms with Crippen LogP contribution in [0.25, 0.3) is 0 Å². The molecule has 3 heteroatoms. The number of aryl methyl sites for hydroxylation is 2. The number of Topliss-reactive ketones (excluding diaryl/α,β-unsaturated/α-hetero) is 1. The third-order valence-electron chi connectivity index (χ3n) is 2.56. The molecule has 1 aromatic carbocycles. The first kappa shape index (κ1) is 13.4. The van der Waals surface area contributed by atoms with Crippen LogP contribution in [0.3, 0.4) is 0 Å². The van der Waals surface area contributed by atoms with Crippen molar-refractivity contribution in [2.24, 2.45) is 0 Å². The van der Waals surface area contributed by atoms with Gasteiger partial charge < -0.3 is 4.74 Å². The SMILES string of the molecule is COC(=O)CCCC(=O)c1cc(C)cc(C)c1. The lowest BCUT2D eigenvalue weighted by Crippen LogP contribution is -2.04. The Hall–Kier alpha value is -1.64. The summed E-state index contributed by atoms with van der Waals surface area (Å²) in [5.41, 5.74) is 2.90. The fourth-order valence-corrected chi connectivity index (χ4v) is 1.78. The molecule has 0 saturated heterocycles. The molecule has 0 aliphatic carbocycles. The summed E-state index contributed by atoms with van der Waals surface area (Å²) >= 11 is 0. The molecule has 17 heavy (non-hydrogen) atoms. The highest BCUT2D eigenvalue weighted by atomic mass is 16.5. The zero-order valence-corrected chi connectivity index (χ0v) is 10.6. The molecular formula is C14H18O3. The van der Waals surface area contributed by atoms with E-state index in [1.165, 1.54) is 7.11 Å². The molecule has 0 aliphatic rings. The van der Waals surface area contributed by atoms with Crippen molar-refractivity contribution in [3.05, 3.63) is 34.9 Å². The van der Waals surface area contributed by atoms with Gasteiger partial charge >= 0.3 is 5.97 Å². The summed E-state index contributed by atoms with van der Waals surface area (Å²) in [5.74, 6) is -0.182. The molecule has 3 nitrogen and oxygen atoms in total. The highest BCUT2D eigenvalue weighted by molar-refractivity contribution is 5.96. The van der Waals surface area contributed by atoms with Gasteiger partial charge in [0.15, 0.2) is 5.78 Å². The fourth-order valence-electron chi connectivity index (χ4n) is 1.78. The lowest BCUT2D eigenvalue weighted by Gasteiger charge is -2.04. The van der Waals surface area contributed by atoms with Crippen molar-refractivity contribution in [1.82, 2.24) is 0 Å². The average molecular weight is 234 g/mol. The van der Waals surface area contributed by atoms with E-state index in [1.54, 1.807) is 0 Å². The molecule has 0 N–H and O–H groups in total. The summed E-state index contributed by atoms with van der Waals surface area (Å²) in [4.78, 5) is 22.8. The lowest BCUT2D eigenvalue weighted by atomic mass is 10.0. The highest BCUT2D eigenvalue weighted by Gasteiger charge is 2.08. The zero-order valence-electron chi connectivity index (χ0n) is 10.6. The Kier molecular flexibility index (Phi) is 4.88. The summed E-state index contributed by atoms with van der Waals surface area (Å²) in [5, 5.41) is 0. The molecule has 1 rings (SSSR count). The smallest absolute Gasteiger partial charge is 0.305 e. The van der Waals surface area contributed by atoms with Crippen LogP contribution in [0.15, 0.2) is 18.2 Å². The highest BCUT2D eigenvalue weighted by Crippen LogP contribution is 2.12. The van der Waals surface area contributed by atoms with Gasteiger partial charge in [-0.05, 0) is 32.4 Å². The largest absolute Gasteiger partial charge is 0.469 e. The first-order chi connectivity index (χ1) is 8.02. The monoisotopic (exact) mass is 234 g/mol. The fraction of sp³-hybridized carbons (Fsp3) is 0.429. The third-order valence-corrected chi connectivity index (χ3v) is 2.56. The molecule has 0 spiro atoms. The van der Waals surface area contributed by atoms with Crippen LogP contribution in [-0.4, -0.2) is 18.9 Å². The number of methoxy groups -OCH3 is 1. The number of carbonyl (C=O) groups excluding carboxylic acids is 2. The van der Waals surface area contributed by atoms with Crippen LogP contribution in [0.2, 0.25) is 0 Å². The van der Waals surface area contributed by atoms with E-state index in [-0.39, 0.29) is 11.8 Å². The molecule has 0 amide bonds. The molecule has 0 bridgehead atoms. The standard InChI is InChI=1S/C14H18O3/c1-10-7-11(2)9-12(8-10)13(15)5-4-6-14(16)17-3/h7-9H,4-6H2,1-3H3. The minimum Gasteiger partial charge on any atom is -0.469 e. The normalized spacial score (nSPS) is 10.1. The van der Waals surface area contributed by atoms with E-state index in [2.05, 4.69) is 4.74 Å². The Morgan fingerprint density at radius 1 is 1.06 bits per heavy atom. The second-order valence-electron chi connectivity index (χ2n) is 4.23. The Bertz CT molecular complexity index is 401. The topological polar surface area (TPSA) is 43.4 Å². The van der Waals surface area contributed by atoms with Crippen LogP contribution in [0.4, 0.5) is 0 Å². The van der Waals surface area contributed by atoms with Crippen molar-refractivity contribution in [2.45, 2.75) is 33.1 Å². The first-order valence-corrected chi connectivity index (χ1v) is 5.71. The molecule has 0 aromatic heterocycles. The van der Waals surface area contributed by atoms with Gasteiger partial charge in [-0.3, -0.25) is 9.59 Å². The molecular weight excluding hydrogens is 216 g/mol. The number of esters is 1. The van der Waals surface area contributed by atoms with Gasteiger partial charge in [-0.15, -0.1) is 0 Å². The van der Waals surface area contributed by atoms with Crippen LogP contribution in [0, 0.1) is 13.8 Å². The Morgan fingerprint density at radius 2 is 1.65 bits per heavy atom. The van der Waals surface area contributed by atoms with Crippen molar-refractivity contribution in [2.75, 3.05) is 7.11 Å². The number of ketones is 1. The van der Waals surface area contributed by atoms with Crippen LogP contribution < -0.4 is 0 Å². The van der Waals surface area contributed by atoms with Crippen molar-refractivity contribution in [3.63, 3.8) is 0 Å². The van der Waals surface area contributed by atoms with Crippen LogP contribution >= 0.6 is 0 Å². The summed E-state index contributed by atoms with van der Waals surface area (Å²) in [6.07, 6.45) is 1.23. The Morgan fingerprint density at radius 3 is 2.18 bits per heavy atom. The van der Waals surface area contributed by atoms with Crippen LogP contribution in [0.5, 0.6) is 0 Å². The maximum Gasteiger partial charge on any atom is 0.305 e. The van der Waals surface area contributed by atoms with E-state index in [0.717, 1.165) is 16.7 Å². The second-order valence-corrected chi connectivity index (χ2v) is 4.23. The first-order valence-electron chi connectivity index (χ1n) is 5.71. The molecule has 0 saturated carbocycles.